The van der Waals surface area contributed by atoms with Crippen molar-refractivity contribution in [3.8, 4) is 0 Å². The van der Waals surface area contributed by atoms with Crippen LogP contribution < -0.4 is 0 Å². The van der Waals surface area contributed by atoms with Crippen molar-refractivity contribution < 1.29 is 9.68 Å². The van der Waals surface area contributed by atoms with Crippen LogP contribution in [-0.4, -0.2) is 18.7 Å². The van der Waals surface area contributed by atoms with E-state index in [4.69, 9.17) is 9.68 Å². The molecular weight excluding hydrogens is 127 g/mol. The molecule has 0 saturated heterocycles. The van der Waals surface area contributed by atoms with Gasteiger partial charge in [0.15, 0.2) is 0 Å². The molecule has 3 heteroatoms. The van der Waals surface area contributed by atoms with Crippen LogP contribution >= 0.6 is 0 Å². The predicted molar refractivity (Wildman–Crippen MR) is 41.4 cm³/mol. The normalized spacial score (nSPS) is 18.4. The van der Waals surface area contributed by atoms with Gasteiger partial charge in [0.2, 0.25) is 0 Å². The summed E-state index contributed by atoms with van der Waals surface area (Å²) in [5.74, 6) is 0. The Bertz CT molecular complexity index is 174. The Hall–Kier alpha value is -0.535. The largest absolute Gasteiger partial charge is 0.491 e. The van der Waals surface area contributed by atoms with Gasteiger partial charge in [-0.25, -0.2) is 0 Å². The molecule has 0 aromatic rings. The Morgan fingerprint density at radius 3 is 3.00 bits per heavy atom. The van der Waals surface area contributed by atoms with Crippen LogP contribution in [0.5, 0.6) is 0 Å². The van der Waals surface area contributed by atoms with Crippen molar-refractivity contribution in [2.75, 3.05) is 6.61 Å². The second kappa shape index (κ2) is 3.04. The summed E-state index contributed by atoms with van der Waals surface area (Å²) in [6.07, 6.45) is 2.59. The summed E-state index contributed by atoms with van der Waals surface area (Å²) in [4.78, 5) is 0. The predicted octanol–water partition coefficient (Wildman–Crippen LogP) is 0.929. The molecule has 1 heterocycles. The molecule has 0 aliphatic carbocycles. The third-order valence-electron chi connectivity index (χ3n) is 1.74. The first-order valence-electron chi connectivity index (χ1n) is 3.43. The molecule has 0 aromatic heterocycles. The Labute approximate surface area is 61.3 Å². The highest BCUT2D eigenvalue weighted by Gasteiger charge is 2.26. The average molecular weight is 138 g/mol. The zero-order valence-electron chi connectivity index (χ0n) is 6.13. The lowest BCUT2D eigenvalue weighted by Crippen LogP contribution is -2.13. The topological polar surface area (TPSA) is 29.5 Å². The zero-order valence-corrected chi connectivity index (χ0v) is 6.13. The van der Waals surface area contributed by atoms with E-state index in [9.17, 15) is 0 Å². The molecule has 0 atom stereocenters. The molecule has 0 bridgehead atoms. The third kappa shape index (κ3) is 1.15. The van der Waals surface area contributed by atoms with Gasteiger partial charge in [0.05, 0.1) is 6.61 Å². The van der Waals surface area contributed by atoms with E-state index >= 15 is 0 Å². The van der Waals surface area contributed by atoms with Gasteiger partial charge in [-0.1, -0.05) is 19.6 Å². The van der Waals surface area contributed by atoms with E-state index in [0.717, 1.165) is 17.5 Å². The second-order valence-corrected chi connectivity index (χ2v) is 2.28. The highest BCUT2D eigenvalue weighted by atomic mass is 16.5. The molecule has 10 heavy (non-hydrogen) atoms. The van der Waals surface area contributed by atoms with E-state index in [2.05, 4.69) is 6.58 Å². The molecule has 0 fully saturated rings. The van der Waals surface area contributed by atoms with Gasteiger partial charge in [0.1, 0.15) is 0 Å². The van der Waals surface area contributed by atoms with Crippen LogP contribution in [0.3, 0.4) is 0 Å². The van der Waals surface area contributed by atoms with Crippen molar-refractivity contribution >= 4 is 7.12 Å². The minimum Gasteiger partial charge on any atom is -0.423 e. The summed E-state index contributed by atoms with van der Waals surface area (Å²) in [6.45, 7) is 6.19. The number of hydrogen-bond acceptors (Lipinski definition) is 2. The van der Waals surface area contributed by atoms with E-state index in [1.54, 1.807) is 6.08 Å². The summed E-state index contributed by atoms with van der Waals surface area (Å²) < 4.78 is 4.97. The fraction of sp³-hybridized carbons (Fsp3) is 0.429. The Morgan fingerprint density at radius 2 is 2.60 bits per heavy atom. The van der Waals surface area contributed by atoms with Crippen LogP contribution in [-0.2, 0) is 4.65 Å². The van der Waals surface area contributed by atoms with Crippen molar-refractivity contribution in [3.05, 3.63) is 23.7 Å². The van der Waals surface area contributed by atoms with E-state index in [1.165, 1.54) is 0 Å². The maximum absolute atomic E-state index is 9.14. The molecule has 0 amide bonds. The summed E-state index contributed by atoms with van der Waals surface area (Å²) in [5.41, 5.74) is 2.00. The Balaban J connectivity index is 2.80. The maximum atomic E-state index is 9.14. The monoisotopic (exact) mass is 138 g/mol. The summed E-state index contributed by atoms with van der Waals surface area (Å²) in [6, 6.07) is 0. The Morgan fingerprint density at radius 1 is 1.90 bits per heavy atom. The van der Waals surface area contributed by atoms with E-state index < -0.39 is 7.12 Å². The molecule has 1 aliphatic rings. The van der Waals surface area contributed by atoms with Gasteiger partial charge < -0.3 is 9.68 Å². The van der Waals surface area contributed by atoms with Gasteiger partial charge in [0.25, 0.3) is 0 Å². The van der Waals surface area contributed by atoms with Crippen molar-refractivity contribution in [3.63, 3.8) is 0 Å². The van der Waals surface area contributed by atoms with Gasteiger partial charge in [-0.3, -0.25) is 0 Å². The molecule has 1 N–H and O–H groups in total. The minimum absolute atomic E-state index is 0.555. The van der Waals surface area contributed by atoms with Gasteiger partial charge in [-0.2, -0.15) is 0 Å². The summed E-state index contributed by atoms with van der Waals surface area (Å²) >= 11 is 0. The zero-order chi connectivity index (χ0) is 7.56. The minimum atomic E-state index is -0.729. The van der Waals surface area contributed by atoms with E-state index in [-0.39, 0.29) is 0 Å². The first kappa shape index (κ1) is 7.57. The van der Waals surface area contributed by atoms with Crippen molar-refractivity contribution in [1.82, 2.24) is 0 Å². The molecule has 0 aromatic carbocycles. The second-order valence-electron chi connectivity index (χ2n) is 2.28. The van der Waals surface area contributed by atoms with Gasteiger partial charge in [-0.05, 0) is 17.5 Å². The van der Waals surface area contributed by atoms with Crippen molar-refractivity contribution in [1.29, 1.82) is 0 Å². The molecule has 0 saturated carbocycles. The average Bonchev–Trinajstić information content (AvgIpc) is 2.30. The summed E-state index contributed by atoms with van der Waals surface area (Å²) in [7, 11) is -0.729. The quantitative estimate of drug-likeness (QED) is 0.575. The lowest BCUT2D eigenvalue weighted by atomic mass is 9.78. The fourth-order valence-corrected chi connectivity index (χ4v) is 1.08. The van der Waals surface area contributed by atoms with Crippen LogP contribution in [0.1, 0.15) is 13.3 Å². The maximum Gasteiger partial charge on any atom is 0.491 e. The van der Waals surface area contributed by atoms with E-state index in [1.807, 2.05) is 6.92 Å². The lowest BCUT2D eigenvalue weighted by Gasteiger charge is -1.95. The number of allylic oxidation sites excluding steroid dienone is 2. The van der Waals surface area contributed by atoms with Crippen LogP contribution in [0.15, 0.2) is 23.7 Å². The summed E-state index contributed by atoms with van der Waals surface area (Å²) in [5, 5.41) is 9.14. The standard InChI is InChI=1S/C7H11BO2/c1-3-6-5-10-8(9)7(6)4-2/h4,9H,2-3,5H2,1H3. The Kier molecular flexibility index (Phi) is 2.30. The van der Waals surface area contributed by atoms with Gasteiger partial charge in [-0.15, -0.1) is 0 Å². The molecule has 0 unspecified atom stereocenters. The highest BCUT2D eigenvalue weighted by molar-refractivity contribution is 6.54. The fourth-order valence-electron chi connectivity index (χ4n) is 1.08. The smallest absolute Gasteiger partial charge is 0.423 e. The highest BCUT2D eigenvalue weighted by Crippen LogP contribution is 2.19. The third-order valence-corrected chi connectivity index (χ3v) is 1.74. The lowest BCUT2D eigenvalue weighted by molar-refractivity contribution is 0.307. The van der Waals surface area contributed by atoms with Crippen LogP contribution in [0, 0.1) is 0 Å². The molecule has 1 aliphatic heterocycles. The van der Waals surface area contributed by atoms with Crippen molar-refractivity contribution in [2.24, 2.45) is 0 Å². The van der Waals surface area contributed by atoms with Crippen LogP contribution in [0.2, 0.25) is 0 Å². The molecule has 0 radical (unpaired) electrons. The van der Waals surface area contributed by atoms with Gasteiger partial charge >= 0.3 is 7.12 Å². The number of rotatable bonds is 2. The first-order chi connectivity index (χ1) is 4.79. The van der Waals surface area contributed by atoms with Crippen LogP contribution in [0.25, 0.3) is 0 Å². The van der Waals surface area contributed by atoms with Gasteiger partial charge in [0, 0.05) is 0 Å². The molecule has 2 nitrogen and oxygen atoms in total. The molecule has 1 rings (SSSR count). The number of hydrogen-bond donors (Lipinski definition) is 1. The van der Waals surface area contributed by atoms with E-state index in [0.29, 0.717) is 6.61 Å². The van der Waals surface area contributed by atoms with Crippen LogP contribution in [0.4, 0.5) is 0 Å². The molecule has 0 spiro atoms. The SMILES string of the molecule is C=CC1=C(CC)COB1O. The molecular formula is C7H11BO2. The van der Waals surface area contributed by atoms with Crippen molar-refractivity contribution in [2.45, 2.75) is 13.3 Å². The molecule has 54 valence electrons. The first-order valence-corrected chi connectivity index (χ1v) is 3.43.